The highest BCUT2D eigenvalue weighted by Crippen LogP contribution is 2.44. The zero-order chi connectivity index (χ0) is 29.0. The minimum absolute atomic E-state index is 0.00138. The summed E-state index contributed by atoms with van der Waals surface area (Å²) >= 11 is 6.97. The van der Waals surface area contributed by atoms with Crippen molar-refractivity contribution in [2.24, 2.45) is 0 Å². The molecular weight excluding hydrogens is 612 g/mol. The van der Waals surface area contributed by atoms with E-state index in [4.69, 9.17) is 16.3 Å². The van der Waals surface area contributed by atoms with Crippen molar-refractivity contribution in [3.05, 3.63) is 46.1 Å². The number of sulfonamides is 1. The number of nitrogens with zero attached hydrogens (tertiary/aromatic N) is 3. The van der Waals surface area contributed by atoms with E-state index >= 15 is 0 Å². The monoisotopic (exact) mass is 627 g/mol. The average molecular weight is 628 g/mol. The van der Waals surface area contributed by atoms with Crippen molar-refractivity contribution in [1.29, 1.82) is 0 Å². The fraction of sp³-hybridized carbons (Fsp3) is 0.318. The second kappa shape index (κ2) is 10.0. The van der Waals surface area contributed by atoms with E-state index in [0.717, 1.165) is 6.07 Å². The van der Waals surface area contributed by atoms with Crippen LogP contribution in [-0.4, -0.2) is 55.1 Å². The lowest BCUT2D eigenvalue weighted by atomic mass is 9.99. The van der Waals surface area contributed by atoms with Gasteiger partial charge in [0.05, 0.1) is 21.3 Å². The molecule has 1 amide bonds. The van der Waals surface area contributed by atoms with Gasteiger partial charge < -0.3 is 15.0 Å². The van der Waals surface area contributed by atoms with Crippen molar-refractivity contribution in [3.8, 4) is 15.6 Å². The highest BCUT2D eigenvalue weighted by atomic mass is 35.5. The van der Waals surface area contributed by atoms with Crippen LogP contribution in [0.3, 0.4) is 0 Å². The van der Waals surface area contributed by atoms with Gasteiger partial charge in [0.2, 0.25) is 16.0 Å². The first-order valence-electron chi connectivity index (χ1n) is 11.3. The molecule has 2 aliphatic heterocycles. The summed E-state index contributed by atoms with van der Waals surface area (Å²) in [6.07, 6.45) is -9.29. The Kier molecular flexibility index (Phi) is 7.12. The second-order valence-electron chi connectivity index (χ2n) is 8.66. The van der Waals surface area contributed by atoms with Gasteiger partial charge in [-0.1, -0.05) is 22.9 Å². The van der Waals surface area contributed by atoms with Crippen LogP contribution in [0.2, 0.25) is 5.02 Å². The van der Waals surface area contributed by atoms with Gasteiger partial charge in [-0.2, -0.15) is 26.3 Å². The topological polar surface area (TPSA) is 114 Å². The van der Waals surface area contributed by atoms with Crippen molar-refractivity contribution in [2.45, 2.75) is 30.2 Å². The number of hydrogen-bond donors (Lipinski definition) is 2. The molecule has 2 aliphatic rings. The van der Waals surface area contributed by atoms with E-state index < -0.39 is 39.5 Å². The second-order valence-corrected chi connectivity index (χ2v) is 11.8. The first-order valence-corrected chi connectivity index (χ1v) is 14.0. The van der Waals surface area contributed by atoms with E-state index in [1.165, 1.54) is 12.1 Å². The molecule has 0 aliphatic carbocycles. The summed E-state index contributed by atoms with van der Waals surface area (Å²) in [5, 5.41) is 2.63. The average Bonchev–Trinajstić information content (AvgIpc) is 3.25. The van der Waals surface area contributed by atoms with Gasteiger partial charge in [-0.25, -0.2) is 23.1 Å². The zero-order valence-electron chi connectivity index (χ0n) is 19.8. The van der Waals surface area contributed by atoms with E-state index in [9.17, 15) is 39.6 Å². The summed E-state index contributed by atoms with van der Waals surface area (Å²) in [4.78, 5) is 19.5. The number of anilines is 2. The van der Waals surface area contributed by atoms with Crippen LogP contribution in [0.25, 0.3) is 10.6 Å². The molecular formula is C22H16ClF6N5O4S2. The number of thiophene rings is 1. The summed E-state index contributed by atoms with van der Waals surface area (Å²) in [5.74, 6) is -2.28. The summed E-state index contributed by atoms with van der Waals surface area (Å²) in [7, 11) is -4.01. The fourth-order valence-electron chi connectivity index (χ4n) is 4.15. The van der Waals surface area contributed by atoms with Crippen LogP contribution in [0.1, 0.15) is 16.7 Å². The van der Waals surface area contributed by atoms with Gasteiger partial charge >= 0.3 is 18.3 Å². The predicted molar refractivity (Wildman–Crippen MR) is 131 cm³/mol. The van der Waals surface area contributed by atoms with Gasteiger partial charge in [-0.05, 0) is 35.7 Å². The molecule has 0 saturated heterocycles. The van der Waals surface area contributed by atoms with E-state index in [-0.39, 0.29) is 64.2 Å². The van der Waals surface area contributed by atoms with Gasteiger partial charge in [0.1, 0.15) is 17.1 Å². The lowest BCUT2D eigenvalue weighted by molar-refractivity contribution is -0.186. The smallest absolute Gasteiger partial charge is 0.471 e. The maximum atomic E-state index is 13.8. The fourth-order valence-corrected chi connectivity index (χ4v) is 6.90. The maximum Gasteiger partial charge on any atom is 0.471 e. The van der Waals surface area contributed by atoms with Crippen molar-refractivity contribution < 1.29 is 44.3 Å². The minimum Gasteiger partial charge on any atom is -0.481 e. The van der Waals surface area contributed by atoms with Gasteiger partial charge in [-0.15, -0.1) is 0 Å². The van der Waals surface area contributed by atoms with Crippen LogP contribution in [-0.2, 0) is 34.0 Å². The Labute approximate surface area is 231 Å². The normalized spacial score (nSPS) is 16.9. The first-order chi connectivity index (χ1) is 18.6. The number of fused-ring (bicyclic) bond motifs is 2. The van der Waals surface area contributed by atoms with Gasteiger partial charge in [0, 0.05) is 25.8 Å². The molecule has 4 heterocycles. The summed E-state index contributed by atoms with van der Waals surface area (Å²) in [5.41, 5.74) is -0.702. The summed E-state index contributed by atoms with van der Waals surface area (Å²) in [6, 6.07) is 3.88. The summed E-state index contributed by atoms with van der Waals surface area (Å²) < 4.78 is 113. The molecule has 0 fully saturated rings. The van der Waals surface area contributed by atoms with Gasteiger partial charge in [-0.3, -0.25) is 4.79 Å². The van der Waals surface area contributed by atoms with Crippen molar-refractivity contribution in [1.82, 2.24) is 19.6 Å². The number of ether oxygens (including phenoxy) is 1. The first kappa shape index (κ1) is 28.4. The number of aromatic nitrogens is 2. The molecule has 18 heteroatoms. The number of rotatable bonds is 3. The number of carbonyl (C=O) groups excluding carboxylic acids is 1. The number of amides is 1. The molecule has 9 nitrogen and oxygen atoms in total. The van der Waals surface area contributed by atoms with E-state index in [2.05, 4.69) is 20.0 Å². The van der Waals surface area contributed by atoms with Crippen LogP contribution in [0.4, 0.5) is 38.0 Å². The summed E-state index contributed by atoms with van der Waals surface area (Å²) in [6.45, 7) is -0.547. The van der Waals surface area contributed by atoms with Crippen LogP contribution < -0.4 is 14.8 Å². The van der Waals surface area contributed by atoms with E-state index in [0.29, 0.717) is 33.6 Å². The van der Waals surface area contributed by atoms with E-state index in [1.54, 1.807) is 0 Å². The van der Waals surface area contributed by atoms with E-state index in [1.807, 2.05) is 0 Å². The van der Waals surface area contributed by atoms with Gasteiger partial charge in [0.15, 0.2) is 5.06 Å². The highest BCUT2D eigenvalue weighted by molar-refractivity contribution is 7.89. The third-order valence-electron chi connectivity index (χ3n) is 5.99. The zero-order valence-corrected chi connectivity index (χ0v) is 22.2. The molecule has 0 unspecified atom stereocenters. The maximum absolute atomic E-state index is 13.8. The lowest BCUT2D eigenvalue weighted by Crippen LogP contribution is -2.43. The Balaban J connectivity index is 1.48. The third-order valence-corrected chi connectivity index (χ3v) is 8.95. The minimum atomic E-state index is -5.02. The molecule has 5 rings (SSSR count). The molecule has 0 bridgehead atoms. The SMILES string of the molecule is O=C(N1CCc2cc(Nc3ncc(C(F)(F)F)c(-c4cc5c(s4)OCCNS5(=O)=O)n3)c(Cl)cc2C1)C(F)(F)F. The Morgan fingerprint density at radius 3 is 2.60 bits per heavy atom. The molecule has 214 valence electrons. The Morgan fingerprint density at radius 2 is 1.90 bits per heavy atom. The molecule has 1 aromatic carbocycles. The van der Waals surface area contributed by atoms with Crippen LogP contribution >= 0.6 is 22.9 Å². The number of halogens is 7. The van der Waals surface area contributed by atoms with Crippen molar-refractivity contribution in [2.75, 3.05) is 25.0 Å². The van der Waals surface area contributed by atoms with Gasteiger partial charge in [0.25, 0.3) is 0 Å². The predicted octanol–water partition coefficient (Wildman–Crippen LogP) is 4.74. The number of alkyl halides is 6. The van der Waals surface area contributed by atoms with Crippen LogP contribution in [0, 0.1) is 0 Å². The molecule has 3 aromatic rings. The Hall–Kier alpha value is -3.15. The molecule has 0 spiro atoms. The molecule has 2 aromatic heterocycles. The third kappa shape index (κ3) is 5.55. The Morgan fingerprint density at radius 1 is 1.15 bits per heavy atom. The van der Waals surface area contributed by atoms with Crippen LogP contribution in [0.5, 0.6) is 5.06 Å². The molecule has 0 atom stereocenters. The Bertz CT molecular complexity index is 1610. The number of carbonyl (C=O) groups is 1. The van der Waals surface area contributed by atoms with Crippen LogP contribution in [0.15, 0.2) is 29.3 Å². The number of hydrogen-bond acceptors (Lipinski definition) is 8. The molecule has 40 heavy (non-hydrogen) atoms. The number of nitrogens with one attached hydrogen (secondary N) is 2. The molecule has 2 N–H and O–H groups in total. The molecule has 0 radical (unpaired) electrons. The standard InChI is InChI=1S/C22H16ClF6N5O4S2/c23-13-5-11-9-34(19(35)22(27,28)29)3-1-10(11)6-14(13)32-20-30-8-12(21(24,25)26)17(33-20)15-7-16-18(39-15)38-4-2-31-40(16,36)37/h5-8,31H,1-4,9H2,(H,30,32,33). The lowest BCUT2D eigenvalue weighted by Gasteiger charge is -2.30. The quantitative estimate of drug-likeness (QED) is 0.404. The van der Waals surface area contributed by atoms with Crippen molar-refractivity contribution in [3.63, 3.8) is 0 Å². The largest absolute Gasteiger partial charge is 0.481 e. The van der Waals surface area contributed by atoms with Crippen molar-refractivity contribution >= 4 is 50.5 Å². The number of benzene rings is 1. The highest BCUT2D eigenvalue weighted by Gasteiger charge is 2.43. The molecule has 0 saturated carbocycles.